The van der Waals surface area contributed by atoms with Crippen LogP contribution >= 0.6 is 22.9 Å². The fraction of sp³-hybridized carbons (Fsp3) is 0.176. The molecule has 26 heavy (non-hydrogen) atoms. The SMILES string of the molecule is CCCc1ccc(S(=O)(=O)NC(=O)/C=C/c2c(Cl)nc3sccn23)cc1. The van der Waals surface area contributed by atoms with Gasteiger partial charge >= 0.3 is 0 Å². The van der Waals surface area contributed by atoms with E-state index in [1.165, 1.54) is 29.5 Å². The first-order chi connectivity index (χ1) is 12.4. The zero-order chi connectivity index (χ0) is 18.7. The van der Waals surface area contributed by atoms with Gasteiger partial charge in [0.1, 0.15) is 0 Å². The lowest BCUT2D eigenvalue weighted by molar-refractivity contribution is -0.114. The van der Waals surface area contributed by atoms with Crippen LogP contribution in [-0.2, 0) is 21.2 Å². The third-order valence-corrected chi connectivity index (χ3v) is 6.05. The largest absolute Gasteiger partial charge is 0.289 e. The standard InChI is InChI=1S/C17H16ClN3O3S2/c1-2-3-12-4-6-13(7-5-12)26(23,24)20-15(22)9-8-14-16(18)19-17-21(14)10-11-25-17/h4-11H,2-3H2,1H3,(H,20,22)/b9-8+. The molecule has 0 aliphatic heterocycles. The molecule has 9 heteroatoms. The predicted octanol–water partition coefficient (Wildman–Crippen LogP) is 3.52. The maximum absolute atomic E-state index is 12.3. The van der Waals surface area contributed by atoms with E-state index < -0.39 is 15.9 Å². The van der Waals surface area contributed by atoms with Crippen LogP contribution in [-0.4, -0.2) is 23.7 Å². The number of nitrogens with one attached hydrogen (secondary N) is 1. The number of nitrogens with zero attached hydrogens (tertiary/aromatic N) is 2. The highest BCUT2D eigenvalue weighted by molar-refractivity contribution is 7.90. The minimum absolute atomic E-state index is 0.0433. The maximum Gasteiger partial charge on any atom is 0.264 e. The van der Waals surface area contributed by atoms with E-state index in [4.69, 9.17) is 11.6 Å². The average Bonchev–Trinajstić information content (AvgIpc) is 3.14. The van der Waals surface area contributed by atoms with Gasteiger partial charge in [0.05, 0.1) is 10.6 Å². The quantitative estimate of drug-likeness (QED) is 0.631. The van der Waals surface area contributed by atoms with Crippen molar-refractivity contribution in [1.29, 1.82) is 0 Å². The van der Waals surface area contributed by atoms with E-state index in [2.05, 4.69) is 4.98 Å². The Morgan fingerprint density at radius 1 is 1.35 bits per heavy atom. The number of amides is 1. The number of imidazole rings is 1. The van der Waals surface area contributed by atoms with Crippen LogP contribution in [0.3, 0.4) is 0 Å². The molecule has 0 bridgehead atoms. The number of fused-ring (bicyclic) bond motifs is 1. The fourth-order valence-electron chi connectivity index (χ4n) is 2.43. The van der Waals surface area contributed by atoms with Crippen molar-refractivity contribution in [1.82, 2.24) is 14.1 Å². The summed E-state index contributed by atoms with van der Waals surface area (Å²) in [4.78, 5) is 16.9. The second-order valence-electron chi connectivity index (χ2n) is 5.54. The molecule has 3 aromatic rings. The molecule has 1 aromatic carbocycles. The Labute approximate surface area is 160 Å². The van der Waals surface area contributed by atoms with Crippen LogP contribution in [0.4, 0.5) is 0 Å². The van der Waals surface area contributed by atoms with Crippen molar-refractivity contribution in [3.8, 4) is 0 Å². The fourth-order valence-corrected chi connectivity index (χ4v) is 4.38. The molecule has 1 N–H and O–H groups in total. The van der Waals surface area contributed by atoms with Crippen molar-refractivity contribution < 1.29 is 13.2 Å². The smallest absolute Gasteiger partial charge is 0.264 e. The topological polar surface area (TPSA) is 80.5 Å². The molecule has 2 heterocycles. The van der Waals surface area contributed by atoms with Gasteiger partial charge < -0.3 is 0 Å². The van der Waals surface area contributed by atoms with Gasteiger partial charge in [-0.25, -0.2) is 18.1 Å². The summed E-state index contributed by atoms with van der Waals surface area (Å²) in [6, 6.07) is 6.48. The summed E-state index contributed by atoms with van der Waals surface area (Å²) in [7, 11) is -3.93. The molecular formula is C17H16ClN3O3S2. The Balaban J connectivity index is 1.74. The molecule has 0 saturated heterocycles. The van der Waals surface area contributed by atoms with E-state index in [0.29, 0.717) is 10.7 Å². The van der Waals surface area contributed by atoms with Gasteiger partial charge in [0, 0.05) is 17.7 Å². The highest BCUT2D eigenvalue weighted by Gasteiger charge is 2.16. The lowest BCUT2D eigenvalue weighted by atomic mass is 10.1. The first kappa shape index (κ1) is 18.6. The van der Waals surface area contributed by atoms with Gasteiger partial charge in [-0.05, 0) is 30.2 Å². The van der Waals surface area contributed by atoms with Crippen molar-refractivity contribution in [2.45, 2.75) is 24.7 Å². The van der Waals surface area contributed by atoms with Crippen molar-refractivity contribution >= 4 is 49.9 Å². The molecule has 0 unspecified atom stereocenters. The molecule has 6 nitrogen and oxygen atoms in total. The van der Waals surface area contributed by atoms with Crippen molar-refractivity contribution in [2.24, 2.45) is 0 Å². The Morgan fingerprint density at radius 3 is 2.77 bits per heavy atom. The molecule has 2 aromatic heterocycles. The zero-order valence-corrected chi connectivity index (χ0v) is 16.2. The van der Waals surface area contributed by atoms with Gasteiger partial charge in [0.15, 0.2) is 10.1 Å². The number of halogens is 1. The number of thiazole rings is 1. The van der Waals surface area contributed by atoms with Crippen LogP contribution in [0.15, 0.2) is 46.8 Å². The summed E-state index contributed by atoms with van der Waals surface area (Å²) in [6.45, 7) is 2.05. The van der Waals surface area contributed by atoms with Crippen LogP contribution in [0.25, 0.3) is 11.0 Å². The van der Waals surface area contributed by atoms with Gasteiger partial charge in [-0.15, -0.1) is 11.3 Å². The Hall–Kier alpha value is -2.16. The monoisotopic (exact) mass is 409 g/mol. The Morgan fingerprint density at radius 2 is 2.08 bits per heavy atom. The number of aryl methyl sites for hydroxylation is 1. The maximum atomic E-state index is 12.3. The molecule has 0 spiro atoms. The third kappa shape index (κ3) is 3.98. The molecule has 0 saturated carbocycles. The van der Waals surface area contributed by atoms with Crippen LogP contribution < -0.4 is 4.72 Å². The first-order valence-electron chi connectivity index (χ1n) is 7.85. The van der Waals surface area contributed by atoms with Gasteiger partial charge in [0.25, 0.3) is 15.9 Å². The lowest BCUT2D eigenvalue weighted by Gasteiger charge is -2.06. The summed E-state index contributed by atoms with van der Waals surface area (Å²) >= 11 is 7.44. The van der Waals surface area contributed by atoms with Crippen molar-refractivity contribution in [3.63, 3.8) is 0 Å². The van der Waals surface area contributed by atoms with Gasteiger partial charge in [-0.1, -0.05) is 37.1 Å². The molecular weight excluding hydrogens is 394 g/mol. The Bertz CT molecular complexity index is 1070. The normalized spacial score (nSPS) is 12.1. The zero-order valence-electron chi connectivity index (χ0n) is 13.8. The number of benzene rings is 1. The molecule has 1 amide bonds. The summed E-state index contributed by atoms with van der Waals surface area (Å²) in [5.74, 6) is -0.760. The van der Waals surface area contributed by atoms with Crippen molar-refractivity contribution in [2.75, 3.05) is 0 Å². The van der Waals surface area contributed by atoms with Crippen LogP contribution in [0.5, 0.6) is 0 Å². The molecule has 0 aliphatic carbocycles. The summed E-state index contributed by atoms with van der Waals surface area (Å²) < 4.78 is 28.4. The average molecular weight is 410 g/mol. The summed E-state index contributed by atoms with van der Waals surface area (Å²) in [6.07, 6.45) is 6.17. The number of hydrogen-bond acceptors (Lipinski definition) is 5. The molecule has 0 fully saturated rings. The number of hydrogen-bond donors (Lipinski definition) is 1. The molecule has 0 atom stereocenters. The van der Waals surface area contributed by atoms with E-state index in [-0.39, 0.29) is 10.0 Å². The third-order valence-electron chi connectivity index (χ3n) is 3.65. The molecule has 0 aliphatic rings. The van der Waals surface area contributed by atoms with Crippen LogP contribution in [0.2, 0.25) is 5.15 Å². The first-order valence-corrected chi connectivity index (χ1v) is 10.6. The minimum atomic E-state index is -3.93. The Kier molecular flexibility index (Phi) is 5.45. The van der Waals surface area contributed by atoms with E-state index in [9.17, 15) is 13.2 Å². The number of carbonyl (C=O) groups excluding carboxylic acids is 1. The van der Waals surface area contributed by atoms with Gasteiger partial charge in [-0.3, -0.25) is 9.20 Å². The molecule has 0 radical (unpaired) electrons. The van der Waals surface area contributed by atoms with E-state index in [0.717, 1.165) is 24.5 Å². The number of rotatable bonds is 6. The van der Waals surface area contributed by atoms with Crippen LogP contribution in [0, 0.1) is 0 Å². The second kappa shape index (κ2) is 7.61. The number of sulfonamides is 1. The van der Waals surface area contributed by atoms with Gasteiger partial charge in [-0.2, -0.15) is 0 Å². The lowest BCUT2D eigenvalue weighted by Crippen LogP contribution is -2.28. The van der Waals surface area contributed by atoms with Crippen molar-refractivity contribution in [3.05, 3.63) is 58.3 Å². The molecule has 3 rings (SSSR count). The highest BCUT2D eigenvalue weighted by Crippen LogP contribution is 2.22. The number of aromatic nitrogens is 2. The summed E-state index contributed by atoms with van der Waals surface area (Å²) in [5.41, 5.74) is 1.56. The highest BCUT2D eigenvalue weighted by atomic mass is 35.5. The minimum Gasteiger partial charge on any atom is -0.289 e. The predicted molar refractivity (Wildman–Crippen MR) is 103 cm³/mol. The van der Waals surface area contributed by atoms with E-state index >= 15 is 0 Å². The molecule has 136 valence electrons. The van der Waals surface area contributed by atoms with E-state index in [1.807, 2.05) is 17.0 Å². The van der Waals surface area contributed by atoms with Gasteiger partial charge in [0.2, 0.25) is 0 Å². The summed E-state index contributed by atoms with van der Waals surface area (Å²) in [5, 5.41) is 2.08. The van der Waals surface area contributed by atoms with Crippen LogP contribution in [0.1, 0.15) is 24.6 Å². The number of carbonyl (C=O) groups is 1. The second-order valence-corrected chi connectivity index (χ2v) is 8.45. The van der Waals surface area contributed by atoms with E-state index in [1.54, 1.807) is 22.7 Å².